The Kier molecular flexibility index (Phi) is 4.78. The minimum atomic E-state index is -0.134. The Morgan fingerprint density at radius 3 is 2.96 bits per heavy atom. The number of likely N-dealkylation sites (N-methyl/N-ethyl adjacent to an activating group) is 1. The average molecular weight is 340 g/mol. The summed E-state index contributed by atoms with van der Waals surface area (Å²) in [6.45, 7) is 2.78. The summed E-state index contributed by atoms with van der Waals surface area (Å²) >= 11 is 0. The molecule has 0 atom stereocenters. The normalized spacial score (nSPS) is 10.7. The number of anilines is 2. The Morgan fingerprint density at radius 2 is 2.20 bits per heavy atom. The summed E-state index contributed by atoms with van der Waals surface area (Å²) in [5.74, 6) is 1.25. The van der Waals surface area contributed by atoms with Gasteiger partial charge in [0.05, 0.1) is 25.2 Å². The number of hydrogen-bond acceptors (Lipinski definition) is 6. The minimum Gasteiger partial charge on any atom is -0.497 e. The van der Waals surface area contributed by atoms with Gasteiger partial charge in [0.2, 0.25) is 5.91 Å². The van der Waals surface area contributed by atoms with Crippen molar-refractivity contribution in [1.82, 2.24) is 19.7 Å². The van der Waals surface area contributed by atoms with Gasteiger partial charge >= 0.3 is 0 Å². The average Bonchev–Trinajstić information content (AvgIpc) is 3.01. The van der Waals surface area contributed by atoms with Gasteiger partial charge in [-0.25, -0.2) is 9.97 Å². The molecule has 8 heteroatoms. The van der Waals surface area contributed by atoms with E-state index in [1.165, 1.54) is 6.33 Å². The van der Waals surface area contributed by atoms with Crippen LogP contribution in [0.5, 0.6) is 5.75 Å². The van der Waals surface area contributed by atoms with Crippen LogP contribution in [-0.4, -0.2) is 45.9 Å². The lowest BCUT2D eigenvalue weighted by Gasteiger charge is -2.21. The first-order valence-corrected chi connectivity index (χ1v) is 7.94. The van der Waals surface area contributed by atoms with Gasteiger partial charge in [0.15, 0.2) is 5.65 Å². The molecular weight excluding hydrogens is 320 g/mol. The molecule has 130 valence electrons. The van der Waals surface area contributed by atoms with Gasteiger partial charge in [-0.2, -0.15) is 5.10 Å². The Labute approximate surface area is 145 Å². The number of aromatic nitrogens is 4. The maximum Gasteiger partial charge on any atom is 0.243 e. The molecule has 1 aromatic carbocycles. The number of hydrogen-bond donors (Lipinski definition) is 1. The Morgan fingerprint density at radius 1 is 1.36 bits per heavy atom. The van der Waals surface area contributed by atoms with Crippen LogP contribution in [0.2, 0.25) is 0 Å². The number of nitrogens with zero attached hydrogens (tertiary/aromatic N) is 5. The van der Waals surface area contributed by atoms with Crippen LogP contribution in [0, 0.1) is 0 Å². The van der Waals surface area contributed by atoms with E-state index in [1.807, 2.05) is 37.1 Å². The lowest BCUT2D eigenvalue weighted by molar-refractivity contribution is -0.115. The first kappa shape index (κ1) is 16.7. The summed E-state index contributed by atoms with van der Waals surface area (Å²) in [5.41, 5.74) is 1.42. The maximum absolute atomic E-state index is 12.4. The molecule has 3 rings (SSSR count). The fourth-order valence-electron chi connectivity index (χ4n) is 2.61. The molecule has 0 spiro atoms. The quantitative estimate of drug-likeness (QED) is 0.737. The zero-order chi connectivity index (χ0) is 17.8. The lowest BCUT2D eigenvalue weighted by Crippen LogP contribution is -2.33. The Hall–Kier alpha value is -3.16. The van der Waals surface area contributed by atoms with Crippen LogP contribution in [-0.2, 0) is 11.8 Å². The highest BCUT2D eigenvalue weighted by atomic mass is 16.5. The van der Waals surface area contributed by atoms with Crippen LogP contribution in [0.3, 0.4) is 0 Å². The van der Waals surface area contributed by atoms with Crippen molar-refractivity contribution in [2.75, 3.05) is 30.4 Å². The predicted molar refractivity (Wildman–Crippen MR) is 95.8 cm³/mol. The van der Waals surface area contributed by atoms with E-state index >= 15 is 0 Å². The third-order valence-electron chi connectivity index (χ3n) is 3.88. The fourth-order valence-corrected chi connectivity index (χ4v) is 2.61. The zero-order valence-electron chi connectivity index (χ0n) is 14.4. The summed E-state index contributed by atoms with van der Waals surface area (Å²) < 4.78 is 6.86. The molecule has 0 aliphatic heterocycles. The van der Waals surface area contributed by atoms with Crippen LogP contribution in [0.15, 0.2) is 36.8 Å². The van der Waals surface area contributed by atoms with Crippen molar-refractivity contribution in [3.05, 3.63) is 36.8 Å². The summed E-state index contributed by atoms with van der Waals surface area (Å²) in [6, 6.07) is 7.25. The van der Waals surface area contributed by atoms with E-state index < -0.39 is 0 Å². The van der Waals surface area contributed by atoms with E-state index in [0.717, 1.165) is 11.0 Å². The van der Waals surface area contributed by atoms with Gasteiger partial charge in [0.25, 0.3) is 0 Å². The molecule has 25 heavy (non-hydrogen) atoms. The number of carbonyl (C=O) groups excluding carboxylic acids is 1. The molecule has 1 N–H and O–H groups in total. The molecule has 0 saturated heterocycles. The topological polar surface area (TPSA) is 85.2 Å². The van der Waals surface area contributed by atoms with E-state index in [0.29, 0.717) is 23.8 Å². The van der Waals surface area contributed by atoms with Gasteiger partial charge in [-0.15, -0.1) is 0 Å². The molecule has 3 aromatic rings. The number of nitrogens with one attached hydrogen (secondary N) is 1. The molecule has 0 saturated carbocycles. The molecule has 0 aliphatic rings. The number of aryl methyl sites for hydroxylation is 1. The van der Waals surface area contributed by atoms with Crippen molar-refractivity contribution in [2.24, 2.45) is 7.05 Å². The van der Waals surface area contributed by atoms with Gasteiger partial charge in [-0.1, -0.05) is 6.07 Å². The van der Waals surface area contributed by atoms with Gasteiger partial charge in [0, 0.05) is 25.3 Å². The van der Waals surface area contributed by atoms with Crippen molar-refractivity contribution >= 4 is 28.4 Å². The maximum atomic E-state index is 12.4. The Balaban J connectivity index is 1.78. The highest BCUT2D eigenvalue weighted by molar-refractivity contribution is 5.96. The predicted octanol–water partition coefficient (Wildman–Crippen LogP) is 1.84. The second-order valence-electron chi connectivity index (χ2n) is 5.50. The second kappa shape index (κ2) is 7.16. The third-order valence-corrected chi connectivity index (χ3v) is 3.88. The van der Waals surface area contributed by atoms with Crippen LogP contribution in [0.4, 0.5) is 11.5 Å². The van der Waals surface area contributed by atoms with E-state index in [1.54, 1.807) is 24.1 Å². The van der Waals surface area contributed by atoms with Gasteiger partial charge in [-0.3, -0.25) is 9.48 Å². The molecule has 1 amide bonds. The van der Waals surface area contributed by atoms with Gasteiger partial charge in [0.1, 0.15) is 17.9 Å². The minimum absolute atomic E-state index is 0.134. The summed E-state index contributed by atoms with van der Waals surface area (Å²) in [7, 11) is 3.42. The second-order valence-corrected chi connectivity index (χ2v) is 5.50. The van der Waals surface area contributed by atoms with Crippen LogP contribution >= 0.6 is 0 Å². The largest absolute Gasteiger partial charge is 0.497 e. The number of benzene rings is 1. The summed E-state index contributed by atoms with van der Waals surface area (Å²) in [6.07, 6.45) is 3.20. The van der Waals surface area contributed by atoms with Crippen molar-refractivity contribution in [3.63, 3.8) is 0 Å². The molecule has 0 radical (unpaired) electrons. The lowest BCUT2D eigenvalue weighted by atomic mass is 10.3. The molecule has 0 aliphatic carbocycles. The van der Waals surface area contributed by atoms with Crippen molar-refractivity contribution in [1.29, 1.82) is 0 Å². The Bertz CT molecular complexity index is 892. The van der Waals surface area contributed by atoms with Crippen LogP contribution in [0.25, 0.3) is 11.0 Å². The molecule has 2 aromatic heterocycles. The number of methoxy groups -OCH3 is 1. The van der Waals surface area contributed by atoms with Crippen LogP contribution in [0.1, 0.15) is 6.92 Å². The number of carbonyl (C=O) groups is 1. The summed E-state index contributed by atoms with van der Waals surface area (Å²) in [5, 5.41) is 7.91. The summed E-state index contributed by atoms with van der Waals surface area (Å²) in [4.78, 5) is 22.9. The highest BCUT2D eigenvalue weighted by Crippen LogP contribution is 2.22. The number of amides is 1. The van der Waals surface area contributed by atoms with Crippen molar-refractivity contribution < 1.29 is 9.53 Å². The molecule has 0 unspecified atom stereocenters. The highest BCUT2D eigenvalue weighted by Gasteiger charge is 2.16. The van der Waals surface area contributed by atoms with Crippen molar-refractivity contribution in [2.45, 2.75) is 6.92 Å². The SMILES string of the molecule is CCN(CC(=O)Nc1cccc(OC)c1)c1ncnc2c1cnn2C. The molecule has 8 nitrogen and oxygen atoms in total. The zero-order valence-corrected chi connectivity index (χ0v) is 14.4. The number of fused-ring (bicyclic) bond motifs is 1. The van der Waals surface area contributed by atoms with E-state index in [9.17, 15) is 4.79 Å². The van der Waals surface area contributed by atoms with Gasteiger partial charge in [-0.05, 0) is 19.1 Å². The number of rotatable bonds is 6. The van der Waals surface area contributed by atoms with Crippen molar-refractivity contribution in [3.8, 4) is 5.75 Å². The molecule has 2 heterocycles. The van der Waals surface area contributed by atoms with E-state index in [2.05, 4.69) is 20.4 Å². The molecule has 0 bridgehead atoms. The van der Waals surface area contributed by atoms with Gasteiger partial charge < -0.3 is 15.0 Å². The van der Waals surface area contributed by atoms with Crippen LogP contribution < -0.4 is 15.0 Å². The smallest absolute Gasteiger partial charge is 0.243 e. The van der Waals surface area contributed by atoms with E-state index in [4.69, 9.17) is 4.74 Å². The molecular formula is C17H20N6O2. The molecule has 0 fully saturated rings. The monoisotopic (exact) mass is 340 g/mol. The first-order valence-electron chi connectivity index (χ1n) is 7.94. The third kappa shape index (κ3) is 3.52. The number of ether oxygens (including phenoxy) is 1. The standard InChI is InChI=1S/C17H20N6O2/c1-4-23(17-14-9-20-22(2)16(14)18-11-19-17)10-15(24)21-12-6-5-7-13(8-12)25-3/h5-9,11H,4,10H2,1-3H3,(H,21,24). The van der Waals surface area contributed by atoms with E-state index in [-0.39, 0.29) is 12.5 Å². The first-order chi connectivity index (χ1) is 12.1. The fraction of sp³-hybridized carbons (Fsp3) is 0.294.